The van der Waals surface area contributed by atoms with Gasteiger partial charge in [0.2, 0.25) is 0 Å². The lowest BCUT2D eigenvalue weighted by Gasteiger charge is -2.10. The fourth-order valence-corrected chi connectivity index (χ4v) is 5.36. The Morgan fingerprint density at radius 3 is 1.64 bits per heavy atom. The van der Waals surface area contributed by atoms with Crippen LogP contribution in [0.2, 0.25) is 0 Å². The molecule has 0 saturated carbocycles. The first-order valence-corrected chi connectivity index (χ1v) is 13.0. The number of aromatic nitrogens is 3. The van der Waals surface area contributed by atoms with Crippen molar-refractivity contribution in [2.75, 3.05) is 0 Å². The van der Waals surface area contributed by atoms with Crippen molar-refractivity contribution in [1.29, 1.82) is 0 Å². The Bertz CT molecular complexity index is 2110. The van der Waals surface area contributed by atoms with Crippen LogP contribution in [0.5, 0.6) is 0 Å². The molecule has 0 bridgehead atoms. The summed E-state index contributed by atoms with van der Waals surface area (Å²) in [6.45, 7) is 0. The van der Waals surface area contributed by atoms with E-state index in [0.29, 0.717) is 17.5 Å². The number of furan rings is 1. The largest absolute Gasteiger partial charge is 0.456 e. The Morgan fingerprint density at radius 1 is 0.359 bits per heavy atom. The van der Waals surface area contributed by atoms with Crippen LogP contribution in [-0.2, 0) is 0 Å². The molecular weight excluding hydrogens is 478 g/mol. The molecule has 0 atom stereocenters. The average molecular weight is 500 g/mol. The van der Waals surface area contributed by atoms with Gasteiger partial charge in [-0.1, -0.05) is 103 Å². The summed E-state index contributed by atoms with van der Waals surface area (Å²) < 4.78 is 6.19. The number of nitrogens with zero attached hydrogens (tertiary/aromatic N) is 3. The van der Waals surface area contributed by atoms with Crippen LogP contribution >= 0.6 is 0 Å². The van der Waals surface area contributed by atoms with Crippen molar-refractivity contribution in [3.63, 3.8) is 0 Å². The monoisotopic (exact) mass is 499 g/mol. The highest BCUT2D eigenvalue weighted by Gasteiger charge is 2.14. The minimum atomic E-state index is 0.650. The number of rotatable bonds is 3. The molecule has 0 radical (unpaired) electrons. The number of para-hydroxylation sites is 1. The van der Waals surface area contributed by atoms with Crippen molar-refractivity contribution in [2.45, 2.75) is 0 Å². The van der Waals surface area contributed by atoms with Gasteiger partial charge in [0.15, 0.2) is 17.5 Å². The number of hydrogen-bond donors (Lipinski definition) is 0. The van der Waals surface area contributed by atoms with E-state index in [0.717, 1.165) is 49.4 Å². The van der Waals surface area contributed by atoms with Crippen LogP contribution in [-0.4, -0.2) is 15.0 Å². The van der Waals surface area contributed by atoms with E-state index in [1.807, 2.05) is 72.8 Å². The van der Waals surface area contributed by atoms with Gasteiger partial charge >= 0.3 is 0 Å². The minimum absolute atomic E-state index is 0.650. The quantitative estimate of drug-likeness (QED) is 0.228. The molecule has 8 rings (SSSR count). The molecule has 2 aromatic heterocycles. The SMILES string of the molecule is c1ccc(-c2nc(-c3ccccc3)nc(-c3ccc4c(ccc5cc6c(cc54)oc4ccccc46)c3)n2)cc1. The van der Waals surface area contributed by atoms with E-state index in [9.17, 15) is 0 Å². The summed E-state index contributed by atoms with van der Waals surface area (Å²) in [5, 5.41) is 6.92. The van der Waals surface area contributed by atoms with Gasteiger partial charge < -0.3 is 4.42 Å². The highest BCUT2D eigenvalue weighted by atomic mass is 16.3. The van der Waals surface area contributed by atoms with Crippen molar-refractivity contribution < 1.29 is 4.42 Å². The third-order valence-corrected chi connectivity index (χ3v) is 7.29. The topological polar surface area (TPSA) is 51.8 Å². The molecule has 182 valence electrons. The van der Waals surface area contributed by atoms with Crippen molar-refractivity contribution >= 4 is 43.5 Å². The minimum Gasteiger partial charge on any atom is -0.456 e. The smallest absolute Gasteiger partial charge is 0.164 e. The number of fused-ring (bicyclic) bond motifs is 6. The summed E-state index contributed by atoms with van der Waals surface area (Å²) in [4.78, 5) is 14.6. The van der Waals surface area contributed by atoms with Gasteiger partial charge in [-0.05, 0) is 45.8 Å². The van der Waals surface area contributed by atoms with E-state index >= 15 is 0 Å². The van der Waals surface area contributed by atoms with E-state index in [4.69, 9.17) is 19.4 Å². The highest BCUT2D eigenvalue weighted by molar-refractivity contribution is 6.16. The Kier molecular flexibility index (Phi) is 4.79. The predicted octanol–water partition coefficient (Wildman–Crippen LogP) is 9.08. The molecule has 8 aromatic rings. The van der Waals surface area contributed by atoms with Crippen LogP contribution in [0.1, 0.15) is 0 Å². The van der Waals surface area contributed by atoms with Gasteiger partial charge in [-0.3, -0.25) is 0 Å². The Hall–Kier alpha value is -5.35. The molecule has 39 heavy (non-hydrogen) atoms. The second-order valence-corrected chi connectivity index (χ2v) is 9.71. The third kappa shape index (κ3) is 3.65. The number of benzene rings is 6. The Morgan fingerprint density at radius 2 is 0.949 bits per heavy atom. The first kappa shape index (κ1) is 21.7. The molecule has 0 saturated heterocycles. The normalized spacial score (nSPS) is 11.6. The first-order chi connectivity index (χ1) is 19.3. The van der Waals surface area contributed by atoms with E-state index in [1.165, 1.54) is 10.8 Å². The lowest BCUT2D eigenvalue weighted by molar-refractivity contribution is 0.669. The van der Waals surface area contributed by atoms with Crippen LogP contribution in [0.15, 0.2) is 132 Å². The lowest BCUT2D eigenvalue weighted by atomic mass is 9.98. The van der Waals surface area contributed by atoms with Crippen LogP contribution in [0.25, 0.3) is 77.6 Å². The lowest BCUT2D eigenvalue weighted by Crippen LogP contribution is -2.00. The van der Waals surface area contributed by atoms with Crippen molar-refractivity contribution in [1.82, 2.24) is 15.0 Å². The molecule has 0 fully saturated rings. The fraction of sp³-hybridized carbons (Fsp3) is 0. The summed E-state index contributed by atoms with van der Waals surface area (Å²) in [6, 6.07) is 43.5. The fourth-order valence-electron chi connectivity index (χ4n) is 5.36. The summed E-state index contributed by atoms with van der Waals surface area (Å²) in [7, 11) is 0. The molecule has 6 aromatic carbocycles. The van der Waals surface area contributed by atoms with Crippen molar-refractivity contribution in [3.8, 4) is 34.2 Å². The van der Waals surface area contributed by atoms with Gasteiger partial charge in [-0.25, -0.2) is 15.0 Å². The van der Waals surface area contributed by atoms with Gasteiger partial charge in [-0.15, -0.1) is 0 Å². The molecule has 0 aliphatic heterocycles. The second kappa shape index (κ2) is 8.61. The molecule has 0 unspecified atom stereocenters. The zero-order chi connectivity index (χ0) is 25.8. The summed E-state index contributed by atoms with van der Waals surface area (Å²) in [5.41, 5.74) is 4.67. The molecule has 0 N–H and O–H groups in total. The van der Waals surface area contributed by atoms with Gasteiger partial charge in [0.1, 0.15) is 11.2 Å². The van der Waals surface area contributed by atoms with Crippen LogP contribution < -0.4 is 0 Å². The molecular formula is C35H21N3O. The van der Waals surface area contributed by atoms with E-state index in [2.05, 4.69) is 54.6 Å². The maximum absolute atomic E-state index is 6.19. The summed E-state index contributed by atoms with van der Waals surface area (Å²) in [5.74, 6) is 1.97. The van der Waals surface area contributed by atoms with Gasteiger partial charge in [0.05, 0.1) is 0 Å². The maximum Gasteiger partial charge on any atom is 0.164 e. The van der Waals surface area contributed by atoms with Crippen LogP contribution in [0, 0.1) is 0 Å². The zero-order valence-corrected chi connectivity index (χ0v) is 20.9. The Balaban J connectivity index is 1.31. The van der Waals surface area contributed by atoms with Crippen molar-refractivity contribution in [2.24, 2.45) is 0 Å². The molecule has 0 spiro atoms. The molecule has 4 nitrogen and oxygen atoms in total. The first-order valence-electron chi connectivity index (χ1n) is 13.0. The predicted molar refractivity (Wildman–Crippen MR) is 158 cm³/mol. The molecule has 0 aliphatic rings. The third-order valence-electron chi connectivity index (χ3n) is 7.29. The van der Waals surface area contributed by atoms with Crippen LogP contribution in [0.4, 0.5) is 0 Å². The second-order valence-electron chi connectivity index (χ2n) is 9.71. The standard InChI is InChI=1S/C35H21N3O/c1-3-9-22(10-4-1)33-36-34(23-11-5-2-6-12-23)38-35(37-33)26-17-18-27-24(19-26)15-16-25-20-30-28-13-7-8-14-31(28)39-32(30)21-29(25)27/h1-21H. The van der Waals surface area contributed by atoms with Crippen molar-refractivity contribution in [3.05, 3.63) is 127 Å². The molecule has 0 aliphatic carbocycles. The maximum atomic E-state index is 6.19. The average Bonchev–Trinajstić information content (AvgIpc) is 3.38. The summed E-state index contributed by atoms with van der Waals surface area (Å²) in [6.07, 6.45) is 0. The Labute approximate surface area is 224 Å². The number of hydrogen-bond acceptors (Lipinski definition) is 4. The summed E-state index contributed by atoms with van der Waals surface area (Å²) >= 11 is 0. The molecule has 2 heterocycles. The molecule has 0 amide bonds. The van der Waals surface area contributed by atoms with E-state index in [-0.39, 0.29) is 0 Å². The van der Waals surface area contributed by atoms with Gasteiger partial charge in [0, 0.05) is 27.5 Å². The van der Waals surface area contributed by atoms with Crippen LogP contribution in [0.3, 0.4) is 0 Å². The van der Waals surface area contributed by atoms with Gasteiger partial charge in [0.25, 0.3) is 0 Å². The molecule has 4 heteroatoms. The van der Waals surface area contributed by atoms with Gasteiger partial charge in [-0.2, -0.15) is 0 Å². The highest BCUT2D eigenvalue weighted by Crippen LogP contribution is 2.36. The zero-order valence-electron chi connectivity index (χ0n) is 20.9. The van der Waals surface area contributed by atoms with E-state index < -0.39 is 0 Å². The van der Waals surface area contributed by atoms with E-state index in [1.54, 1.807) is 0 Å².